The van der Waals surface area contributed by atoms with Gasteiger partial charge in [-0.25, -0.2) is 0 Å². The van der Waals surface area contributed by atoms with Gasteiger partial charge in [0.1, 0.15) is 6.04 Å². The number of rotatable bonds is 5. The molecule has 0 fully saturated rings. The standard InChI is InChI=1S/C18H19N3O2S/c1-21(2)18(23)15(20-17(22)16-8-5-9-24-16)10-12-11-19-14-7-4-3-6-13(12)14/h3-9,11,15,19H,10H2,1-2H3,(H,20,22)/t15-/m0/s1. The van der Waals surface area contributed by atoms with Crippen LogP contribution in [0.3, 0.4) is 0 Å². The van der Waals surface area contributed by atoms with E-state index in [1.165, 1.54) is 16.2 Å². The number of H-pyrrole nitrogens is 1. The van der Waals surface area contributed by atoms with E-state index in [9.17, 15) is 9.59 Å². The van der Waals surface area contributed by atoms with E-state index in [1.54, 1.807) is 20.2 Å². The number of nitrogens with one attached hydrogen (secondary N) is 2. The van der Waals surface area contributed by atoms with Gasteiger partial charge in [0, 0.05) is 37.6 Å². The molecule has 3 aromatic rings. The zero-order valence-corrected chi connectivity index (χ0v) is 14.4. The molecule has 0 unspecified atom stereocenters. The minimum Gasteiger partial charge on any atom is -0.361 e. The van der Waals surface area contributed by atoms with Gasteiger partial charge in [-0.15, -0.1) is 11.3 Å². The van der Waals surface area contributed by atoms with Gasteiger partial charge in [0.2, 0.25) is 5.91 Å². The molecule has 0 saturated heterocycles. The summed E-state index contributed by atoms with van der Waals surface area (Å²) in [5.41, 5.74) is 2.03. The second kappa shape index (κ2) is 6.88. The molecule has 0 bridgehead atoms. The number of hydrogen-bond donors (Lipinski definition) is 2. The smallest absolute Gasteiger partial charge is 0.262 e. The average Bonchev–Trinajstić information content (AvgIpc) is 3.23. The highest BCUT2D eigenvalue weighted by molar-refractivity contribution is 7.12. The number of fused-ring (bicyclic) bond motifs is 1. The van der Waals surface area contributed by atoms with Gasteiger partial charge in [0.15, 0.2) is 0 Å². The Morgan fingerprint density at radius 3 is 2.71 bits per heavy atom. The minimum atomic E-state index is -0.603. The summed E-state index contributed by atoms with van der Waals surface area (Å²) in [5.74, 6) is -0.338. The van der Waals surface area contributed by atoms with Crippen molar-refractivity contribution in [2.75, 3.05) is 14.1 Å². The second-order valence-corrected chi connectivity index (χ2v) is 6.75. The highest BCUT2D eigenvalue weighted by Gasteiger charge is 2.24. The number of para-hydroxylation sites is 1. The third kappa shape index (κ3) is 3.33. The van der Waals surface area contributed by atoms with Gasteiger partial charge < -0.3 is 15.2 Å². The molecule has 24 heavy (non-hydrogen) atoms. The highest BCUT2D eigenvalue weighted by Crippen LogP contribution is 2.20. The predicted molar refractivity (Wildman–Crippen MR) is 96.3 cm³/mol. The number of aromatic nitrogens is 1. The number of nitrogens with zero attached hydrogens (tertiary/aromatic N) is 1. The van der Waals surface area contributed by atoms with E-state index in [2.05, 4.69) is 10.3 Å². The summed E-state index contributed by atoms with van der Waals surface area (Å²) < 4.78 is 0. The highest BCUT2D eigenvalue weighted by atomic mass is 32.1. The van der Waals surface area contributed by atoms with Crippen LogP contribution in [0.2, 0.25) is 0 Å². The Morgan fingerprint density at radius 1 is 1.21 bits per heavy atom. The van der Waals surface area contributed by atoms with Crippen LogP contribution in [-0.4, -0.2) is 41.8 Å². The molecule has 6 heteroatoms. The first-order valence-corrected chi connectivity index (χ1v) is 8.54. The molecular formula is C18H19N3O2S. The monoisotopic (exact) mass is 341 g/mol. The van der Waals surface area contributed by atoms with E-state index in [0.717, 1.165) is 16.5 Å². The van der Waals surface area contributed by atoms with Crippen LogP contribution in [0.15, 0.2) is 48.0 Å². The van der Waals surface area contributed by atoms with Gasteiger partial charge in [-0.1, -0.05) is 24.3 Å². The summed E-state index contributed by atoms with van der Waals surface area (Å²) in [6.07, 6.45) is 2.34. The van der Waals surface area contributed by atoms with E-state index in [1.807, 2.05) is 41.9 Å². The number of aromatic amines is 1. The third-order valence-corrected chi connectivity index (χ3v) is 4.76. The Balaban J connectivity index is 1.85. The van der Waals surface area contributed by atoms with Gasteiger partial charge in [-0.3, -0.25) is 9.59 Å². The molecule has 5 nitrogen and oxygen atoms in total. The van der Waals surface area contributed by atoms with Gasteiger partial charge in [-0.05, 0) is 23.1 Å². The van der Waals surface area contributed by atoms with Crippen LogP contribution >= 0.6 is 11.3 Å². The van der Waals surface area contributed by atoms with Crippen molar-refractivity contribution in [3.05, 3.63) is 58.4 Å². The maximum atomic E-state index is 12.5. The zero-order chi connectivity index (χ0) is 17.1. The first-order chi connectivity index (χ1) is 11.6. The molecule has 0 radical (unpaired) electrons. The number of carbonyl (C=O) groups is 2. The first-order valence-electron chi connectivity index (χ1n) is 7.67. The first kappa shape index (κ1) is 16.3. The molecule has 0 spiro atoms. The van der Waals surface area contributed by atoms with Crippen LogP contribution in [0.5, 0.6) is 0 Å². The molecule has 2 N–H and O–H groups in total. The molecule has 2 heterocycles. The molecule has 1 aromatic carbocycles. The number of carbonyl (C=O) groups excluding carboxylic acids is 2. The van der Waals surface area contributed by atoms with Crippen molar-refractivity contribution in [3.8, 4) is 0 Å². The Kier molecular flexibility index (Phi) is 4.66. The van der Waals surface area contributed by atoms with Crippen LogP contribution in [0, 0.1) is 0 Å². The summed E-state index contributed by atoms with van der Waals surface area (Å²) in [5, 5.41) is 5.78. The Bertz CT molecular complexity index is 852. The number of likely N-dealkylation sites (N-methyl/N-ethyl adjacent to an activating group) is 1. The summed E-state index contributed by atoms with van der Waals surface area (Å²) in [6, 6.07) is 10.9. The average molecular weight is 341 g/mol. The number of benzene rings is 1. The fourth-order valence-electron chi connectivity index (χ4n) is 2.67. The predicted octanol–water partition coefficient (Wildman–Crippen LogP) is 2.66. The summed E-state index contributed by atoms with van der Waals surface area (Å²) in [6.45, 7) is 0. The molecule has 0 saturated carbocycles. The SMILES string of the molecule is CN(C)C(=O)[C@H](Cc1c[nH]c2ccccc12)NC(=O)c1cccs1. The minimum absolute atomic E-state index is 0.120. The Morgan fingerprint density at radius 2 is 2.00 bits per heavy atom. The van der Waals surface area contributed by atoms with Crippen molar-refractivity contribution in [2.45, 2.75) is 12.5 Å². The number of hydrogen-bond acceptors (Lipinski definition) is 3. The van der Waals surface area contributed by atoms with Crippen LogP contribution in [0.1, 0.15) is 15.2 Å². The Labute approximate surface area is 144 Å². The van der Waals surface area contributed by atoms with Crippen LogP contribution < -0.4 is 5.32 Å². The van der Waals surface area contributed by atoms with Crippen molar-refractivity contribution >= 4 is 34.1 Å². The summed E-state index contributed by atoms with van der Waals surface area (Å²) in [4.78, 5) is 30.2. The van der Waals surface area contributed by atoms with Crippen molar-refractivity contribution in [3.63, 3.8) is 0 Å². The van der Waals surface area contributed by atoms with Crippen LogP contribution in [0.25, 0.3) is 10.9 Å². The van der Waals surface area contributed by atoms with Crippen molar-refractivity contribution in [2.24, 2.45) is 0 Å². The van der Waals surface area contributed by atoms with E-state index >= 15 is 0 Å². The molecule has 3 rings (SSSR count). The topological polar surface area (TPSA) is 65.2 Å². The van der Waals surface area contributed by atoms with Gasteiger partial charge >= 0.3 is 0 Å². The summed E-state index contributed by atoms with van der Waals surface area (Å²) in [7, 11) is 3.39. The number of thiophene rings is 1. The molecule has 0 aliphatic heterocycles. The van der Waals surface area contributed by atoms with Gasteiger partial charge in [0.05, 0.1) is 4.88 Å². The van der Waals surface area contributed by atoms with Crippen molar-refractivity contribution in [1.29, 1.82) is 0 Å². The largest absolute Gasteiger partial charge is 0.361 e. The van der Waals surface area contributed by atoms with Gasteiger partial charge in [-0.2, -0.15) is 0 Å². The van der Waals surface area contributed by atoms with E-state index in [-0.39, 0.29) is 11.8 Å². The quantitative estimate of drug-likeness (QED) is 0.749. The second-order valence-electron chi connectivity index (χ2n) is 5.80. The molecular weight excluding hydrogens is 322 g/mol. The van der Waals surface area contributed by atoms with E-state index in [0.29, 0.717) is 11.3 Å². The molecule has 1 atom stereocenters. The van der Waals surface area contributed by atoms with Crippen molar-refractivity contribution < 1.29 is 9.59 Å². The molecule has 2 aromatic heterocycles. The van der Waals surface area contributed by atoms with Crippen LogP contribution in [0.4, 0.5) is 0 Å². The lowest BCUT2D eigenvalue weighted by molar-refractivity contribution is -0.130. The fourth-order valence-corrected chi connectivity index (χ4v) is 3.30. The lowest BCUT2D eigenvalue weighted by Gasteiger charge is -2.21. The van der Waals surface area contributed by atoms with E-state index < -0.39 is 6.04 Å². The number of amides is 2. The lowest BCUT2D eigenvalue weighted by Crippen LogP contribution is -2.47. The van der Waals surface area contributed by atoms with Crippen molar-refractivity contribution in [1.82, 2.24) is 15.2 Å². The lowest BCUT2D eigenvalue weighted by atomic mass is 10.0. The Hall–Kier alpha value is -2.60. The molecule has 2 amide bonds. The summed E-state index contributed by atoms with van der Waals surface area (Å²) >= 11 is 1.36. The normalized spacial score (nSPS) is 12.1. The molecule has 124 valence electrons. The molecule has 0 aliphatic rings. The third-order valence-electron chi connectivity index (χ3n) is 3.89. The van der Waals surface area contributed by atoms with Gasteiger partial charge in [0.25, 0.3) is 5.91 Å². The molecule has 0 aliphatic carbocycles. The zero-order valence-electron chi connectivity index (χ0n) is 13.6. The van der Waals surface area contributed by atoms with Crippen LogP contribution in [-0.2, 0) is 11.2 Å². The fraction of sp³-hybridized carbons (Fsp3) is 0.222. The van der Waals surface area contributed by atoms with E-state index in [4.69, 9.17) is 0 Å². The maximum absolute atomic E-state index is 12.5. The maximum Gasteiger partial charge on any atom is 0.262 e.